The molecule has 2 aromatic rings. The number of benzene rings is 2. The summed E-state index contributed by atoms with van der Waals surface area (Å²) in [5.41, 5.74) is 1.93. The molecule has 26 heavy (non-hydrogen) atoms. The quantitative estimate of drug-likeness (QED) is 0.916. The third-order valence-electron chi connectivity index (χ3n) is 5.52. The van der Waals surface area contributed by atoms with E-state index in [0.717, 1.165) is 38.3 Å². The second-order valence-corrected chi connectivity index (χ2v) is 7.30. The molecule has 136 valence electrons. The SMILES string of the molecule is O=C(N1CCN(c2ccc(F)cc2)CC1)C1(Cc2ccccc2)CNC1. The molecule has 2 aliphatic rings. The van der Waals surface area contributed by atoms with Gasteiger partial charge in [0.05, 0.1) is 5.41 Å². The highest BCUT2D eigenvalue weighted by atomic mass is 19.1. The van der Waals surface area contributed by atoms with Crippen molar-refractivity contribution in [1.29, 1.82) is 0 Å². The first-order valence-electron chi connectivity index (χ1n) is 9.21. The number of nitrogens with one attached hydrogen (secondary N) is 1. The van der Waals surface area contributed by atoms with E-state index >= 15 is 0 Å². The van der Waals surface area contributed by atoms with Gasteiger partial charge in [-0.05, 0) is 36.2 Å². The third kappa shape index (κ3) is 3.31. The fourth-order valence-electron chi connectivity index (χ4n) is 3.92. The van der Waals surface area contributed by atoms with Crippen LogP contribution in [0.3, 0.4) is 0 Å². The summed E-state index contributed by atoms with van der Waals surface area (Å²) in [6.07, 6.45) is 0.790. The molecule has 4 nitrogen and oxygen atoms in total. The number of hydrogen-bond donors (Lipinski definition) is 1. The number of nitrogens with zero attached hydrogens (tertiary/aromatic N) is 2. The van der Waals surface area contributed by atoms with Gasteiger partial charge >= 0.3 is 0 Å². The van der Waals surface area contributed by atoms with E-state index in [1.807, 2.05) is 23.1 Å². The van der Waals surface area contributed by atoms with Crippen LogP contribution in [0.5, 0.6) is 0 Å². The zero-order valence-corrected chi connectivity index (χ0v) is 14.8. The van der Waals surface area contributed by atoms with Gasteiger partial charge in [0.2, 0.25) is 5.91 Å². The van der Waals surface area contributed by atoms with Crippen molar-refractivity contribution in [1.82, 2.24) is 10.2 Å². The summed E-state index contributed by atoms with van der Waals surface area (Å²) < 4.78 is 13.1. The van der Waals surface area contributed by atoms with Gasteiger partial charge in [-0.15, -0.1) is 0 Å². The molecule has 1 amide bonds. The maximum Gasteiger partial charge on any atom is 0.231 e. The number of halogens is 1. The van der Waals surface area contributed by atoms with Crippen molar-refractivity contribution in [3.63, 3.8) is 0 Å². The molecule has 2 aromatic carbocycles. The Hall–Kier alpha value is -2.40. The largest absolute Gasteiger partial charge is 0.368 e. The van der Waals surface area contributed by atoms with Crippen LogP contribution in [0.25, 0.3) is 0 Å². The lowest BCUT2D eigenvalue weighted by Crippen LogP contribution is -2.65. The lowest BCUT2D eigenvalue weighted by molar-refractivity contribution is -0.145. The molecule has 0 radical (unpaired) electrons. The minimum atomic E-state index is -0.306. The summed E-state index contributed by atoms with van der Waals surface area (Å²) in [7, 11) is 0. The number of rotatable bonds is 4. The van der Waals surface area contributed by atoms with E-state index in [0.29, 0.717) is 13.1 Å². The summed E-state index contributed by atoms with van der Waals surface area (Å²) >= 11 is 0. The van der Waals surface area contributed by atoms with Crippen molar-refractivity contribution >= 4 is 11.6 Å². The third-order valence-corrected chi connectivity index (χ3v) is 5.52. The first-order valence-corrected chi connectivity index (χ1v) is 9.21. The van der Waals surface area contributed by atoms with Crippen LogP contribution in [0.2, 0.25) is 0 Å². The average Bonchev–Trinajstić information content (AvgIpc) is 2.66. The van der Waals surface area contributed by atoms with Crippen molar-refractivity contribution in [2.24, 2.45) is 5.41 Å². The lowest BCUT2D eigenvalue weighted by Gasteiger charge is -2.46. The zero-order chi connectivity index (χ0) is 18.0. The van der Waals surface area contributed by atoms with E-state index in [1.165, 1.54) is 17.7 Å². The van der Waals surface area contributed by atoms with Crippen LogP contribution in [0.1, 0.15) is 5.56 Å². The Kier molecular flexibility index (Phi) is 4.64. The van der Waals surface area contributed by atoms with E-state index < -0.39 is 0 Å². The predicted molar refractivity (Wildman–Crippen MR) is 101 cm³/mol. The molecule has 0 aliphatic carbocycles. The predicted octanol–water partition coefficient (Wildman–Crippen LogP) is 2.31. The van der Waals surface area contributed by atoms with Gasteiger partial charge in [0, 0.05) is 45.0 Å². The molecule has 0 spiro atoms. The molecule has 1 N–H and O–H groups in total. The molecule has 0 aromatic heterocycles. The van der Waals surface area contributed by atoms with Crippen LogP contribution in [-0.2, 0) is 11.2 Å². The molecule has 4 rings (SSSR count). The molecule has 0 atom stereocenters. The number of carbonyl (C=O) groups excluding carboxylic acids is 1. The molecule has 2 heterocycles. The Balaban J connectivity index is 1.40. The molecule has 2 aliphatic heterocycles. The number of anilines is 1. The van der Waals surface area contributed by atoms with Crippen molar-refractivity contribution in [2.75, 3.05) is 44.2 Å². The summed E-state index contributed by atoms with van der Waals surface area (Å²) in [5, 5.41) is 3.29. The highest BCUT2D eigenvalue weighted by Gasteiger charge is 2.46. The smallest absolute Gasteiger partial charge is 0.231 e. The molecule has 0 unspecified atom stereocenters. The van der Waals surface area contributed by atoms with E-state index in [9.17, 15) is 9.18 Å². The van der Waals surface area contributed by atoms with Crippen LogP contribution in [0, 0.1) is 11.2 Å². The van der Waals surface area contributed by atoms with Gasteiger partial charge in [-0.2, -0.15) is 0 Å². The highest BCUT2D eigenvalue weighted by Crippen LogP contribution is 2.31. The number of piperazine rings is 1. The van der Waals surface area contributed by atoms with E-state index in [-0.39, 0.29) is 17.1 Å². The van der Waals surface area contributed by atoms with Gasteiger partial charge in [0.15, 0.2) is 0 Å². The topological polar surface area (TPSA) is 35.6 Å². The molecular formula is C21H24FN3O. The highest BCUT2D eigenvalue weighted by molar-refractivity contribution is 5.85. The molecular weight excluding hydrogens is 329 g/mol. The molecule has 2 saturated heterocycles. The first-order chi connectivity index (χ1) is 12.7. The number of amides is 1. The summed E-state index contributed by atoms with van der Waals surface area (Å²) in [5.74, 6) is 0.0433. The van der Waals surface area contributed by atoms with E-state index in [2.05, 4.69) is 22.3 Å². The first kappa shape index (κ1) is 17.0. The van der Waals surface area contributed by atoms with Crippen LogP contribution in [-0.4, -0.2) is 50.1 Å². The number of hydrogen-bond acceptors (Lipinski definition) is 3. The van der Waals surface area contributed by atoms with Gasteiger partial charge < -0.3 is 15.1 Å². The lowest BCUT2D eigenvalue weighted by atomic mass is 9.75. The van der Waals surface area contributed by atoms with Crippen molar-refractivity contribution in [2.45, 2.75) is 6.42 Å². The Labute approximate surface area is 153 Å². The van der Waals surface area contributed by atoms with Crippen molar-refractivity contribution in [3.8, 4) is 0 Å². The molecule has 0 bridgehead atoms. The summed E-state index contributed by atoms with van der Waals surface area (Å²) in [6.45, 7) is 4.50. The summed E-state index contributed by atoms with van der Waals surface area (Å²) in [6, 6.07) is 16.8. The van der Waals surface area contributed by atoms with Gasteiger partial charge in [0.25, 0.3) is 0 Å². The molecule has 5 heteroatoms. The second-order valence-electron chi connectivity index (χ2n) is 7.30. The van der Waals surface area contributed by atoms with Gasteiger partial charge in [-0.25, -0.2) is 4.39 Å². The normalized spacial score (nSPS) is 19.1. The summed E-state index contributed by atoms with van der Waals surface area (Å²) in [4.78, 5) is 17.4. The minimum Gasteiger partial charge on any atom is -0.368 e. The van der Waals surface area contributed by atoms with Crippen LogP contribution < -0.4 is 10.2 Å². The Morgan fingerprint density at radius 3 is 2.19 bits per heavy atom. The van der Waals surface area contributed by atoms with Gasteiger partial charge in [0.1, 0.15) is 5.82 Å². The van der Waals surface area contributed by atoms with Crippen LogP contribution >= 0.6 is 0 Å². The van der Waals surface area contributed by atoms with Gasteiger partial charge in [-0.3, -0.25) is 4.79 Å². The Morgan fingerprint density at radius 2 is 1.62 bits per heavy atom. The fraction of sp³-hybridized carbons (Fsp3) is 0.381. The Bertz CT molecular complexity index is 751. The molecule has 2 fully saturated rings. The van der Waals surface area contributed by atoms with Crippen LogP contribution in [0.15, 0.2) is 54.6 Å². The standard InChI is InChI=1S/C21H24FN3O/c22-18-6-8-19(9-7-18)24-10-12-25(13-11-24)20(26)21(15-23-16-21)14-17-4-2-1-3-5-17/h1-9,23H,10-16H2. The Morgan fingerprint density at radius 1 is 0.962 bits per heavy atom. The minimum absolute atomic E-state index is 0.220. The maximum atomic E-state index is 13.2. The van der Waals surface area contributed by atoms with Gasteiger partial charge in [-0.1, -0.05) is 30.3 Å². The maximum absolute atomic E-state index is 13.2. The second kappa shape index (κ2) is 7.08. The fourth-order valence-corrected chi connectivity index (χ4v) is 3.92. The monoisotopic (exact) mass is 353 g/mol. The van der Waals surface area contributed by atoms with Crippen molar-refractivity contribution < 1.29 is 9.18 Å². The van der Waals surface area contributed by atoms with Crippen LogP contribution in [0.4, 0.5) is 10.1 Å². The zero-order valence-electron chi connectivity index (χ0n) is 14.8. The van der Waals surface area contributed by atoms with Crippen molar-refractivity contribution in [3.05, 3.63) is 66.0 Å². The van der Waals surface area contributed by atoms with E-state index in [1.54, 1.807) is 12.1 Å². The molecule has 0 saturated carbocycles. The van der Waals surface area contributed by atoms with E-state index in [4.69, 9.17) is 0 Å². The average molecular weight is 353 g/mol. The number of carbonyl (C=O) groups is 1.